The van der Waals surface area contributed by atoms with Gasteiger partial charge in [-0.3, -0.25) is 23.2 Å². The Labute approximate surface area is 342 Å². The molecule has 0 heterocycles. The van der Waals surface area contributed by atoms with Crippen molar-refractivity contribution in [2.75, 3.05) is 26.4 Å². The molecule has 14 nitrogen and oxygen atoms in total. The molecule has 57 heavy (non-hydrogen) atoms. The van der Waals surface area contributed by atoms with Gasteiger partial charge in [0.25, 0.3) is 0 Å². The number of aliphatic hydroxyl groups is 2. The Morgan fingerprint density at radius 1 is 0.614 bits per heavy atom. The summed E-state index contributed by atoms with van der Waals surface area (Å²) < 4.78 is 47.5. The Balaban J connectivity index is 4.73. The van der Waals surface area contributed by atoms with Crippen LogP contribution in [0.2, 0.25) is 0 Å². The fraction of sp³-hybridized carbons (Fsp3) is 0.756. The SMILES string of the molecule is CCCCC/C=C\C/C=C\C/C=C\C=C\[C@@H](O)CCCC(=O)OC[C@H](COP(=O)(O)OC[C@@H](O)COP(=O)(O)O)OC(=O)CCCCCCCCCCCC(C)C. The normalized spacial score (nSPS) is 15.2. The van der Waals surface area contributed by atoms with Gasteiger partial charge in [-0.25, -0.2) is 9.13 Å². The third-order valence-electron chi connectivity index (χ3n) is 8.49. The van der Waals surface area contributed by atoms with Crippen molar-refractivity contribution in [3.05, 3.63) is 48.6 Å². The number of carbonyl (C=O) groups excluding carboxylic acids is 2. The van der Waals surface area contributed by atoms with Crippen molar-refractivity contribution in [3.63, 3.8) is 0 Å². The second-order valence-electron chi connectivity index (χ2n) is 14.6. The van der Waals surface area contributed by atoms with Crippen LogP contribution in [0.4, 0.5) is 0 Å². The summed E-state index contributed by atoms with van der Waals surface area (Å²) in [4.78, 5) is 52.6. The molecule has 16 heteroatoms. The molecule has 0 bridgehead atoms. The lowest BCUT2D eigenvalue weighted by atomic mass is 10.0. The van der Waals surface area contributed by atoms with E-state index in [9.17, 15) is 33.8 Å². The number of phosphoric acid groups is 2. The van der Waals surface area contributed by atoms with E-state index in [1.807, 2.05) is 12.2 Å². The molecule has 4 atom stereocenters. The Hall–Kier alpha value is -1.96. The predicted molar refractivity (Wildman–Crippen MR) is 222 cm³/mol. The van der Waals surface area contributed by atoms with Crippen molar-refractivity contribution in [1.82, 2.24) is 0 Å². The van der Waals surface area contributed by atoms with Crippen LogP contribution in [0, 0.1) is 5.92 Å². The zero-order valence-corrected chi connectivity index (χ0v) is 36.5. The van der Waals surface area contributed by atoms with E-state index < -0.39 is 72.3 Å². The number of ether oxygens (including phenoxy) is 2. The lowest BCUT2D eigenvalue weighted by Crippen LogP contribution is -2.30. The van der Waals surface area contributed by atoms with Crippen molar-refractivity contribution in [3.8, 4) is 0 Å². The first kappa shape index (κ1) is 55.0. The van der Waals surface area contributed by atoms with Crippen molar-refractivity contribution < 1.29 is 66.7 Å². The minimum absolute atomic E-state index is 0.0335. The maximum atomic E-state index is 12.6. The number of phosphoric ester groups is 2. The van der Waals surface area contributed by atoms with Crippen LogP contribution in [0.15, 0.2) is 48.6 Å². The molecule has 0 rings (SSSR count). The standard InChI is InChI=1S/C41H74O14P2/c1-4-5-6-7-8-9-10-11-12-15-18-21-24-28-37(42)29-26-31-40(44)51-34-39(35-54-57(49,50)53-33-38(43)32-52-56(46,47)48)55-41(45)30-25-22-19-16-13-14-17-20-23-27-36(2)3/h8-9,11-12,18,21,24,28,36-39,42-43H,4-7,10,13-17,19-20,22-23,25-27,29-35H2,1-3H3,(H,49,50)(H2,46,47,48)/b9-8-,12-11-,21-18-,28-24+/t37-,38+,39-/m1/s1. The summed E-state index contributed by atoms with van der Waals surface area (Å²) in [6.07, 6.45) is 30.2. The first-order valence-electron chi connectivity index (χ1n) is 20.8. The number of hydrogen-bond donors (Lipinski definition) is 5. The van der Waals surface area contributed by atoms with E-state index in [2.05, 4.69) is 54.1 Å². The topological polar surface area (TPSA) is 216 Å². The van der Waals surface area contributed by atoms with E-state index >= 15 is 0 Å². The predicted octanol–water partition coefficient (Wildman–Crippen LogP) is 9.11. The highest BCUT2D eigenvalue weighted by Crippen LogP contribution is 2.43. The molecule has 0 saturated carbocycles. The molecule has 0 spiro atoms. The number of rotatable bonds is 38. The molecule has 5 N–H and O–H groups in total. The van der Waals surface area contributed by atoms with Crippen LogP contribution < -0.4 is 0 Å². The van der Waals surface area contributed by atoms with Crippen molar-refractivity contribution in [2.45, 2.75) is 167 Å². The molecule has 0 fully saturated rings. The molecular weight excluding hydrogens is 778 g/mol. The highest BCUT2D eigenvalue weighted by molar-refractivity contribution is 7.47. The number of allylic oxidation sites excluding steroid dienone is 7. The summed E-state index contributed by atoms with van der Waals surface area (Å²) in [6.45, 7) is 3.76. The van der Waals surface area contributed by atoms with Gasteiger partial charge in [0, 0.05) is 12.8 Å². The van der Waals surface area contributed by atoms with Crippen LogP contribution in [0.1, 0.15) is 149 Å². The van der Waals surface area contributed by atoms with Gasteiger partial charge in [0.2, 0.25) is 0 Å². The van der Waals surface area contributed by atoms with Gasteiger partial charge in [0.15, 0.2) is 6.10 Å². The van der Waals surface area contributed by atoms with Gasteiger partial charge >= 0.3 is 27.6 Å². The van der Waals surface area contributed by atoms with Crippen molar-refractivity contribution in [1.29, 1.82) is 0 Å². The Kier molecular flexibility index (Phi) is 34.7. The fourth-order valence-electron chi connectivity index (χ4n) is 5.28. The monoisotopic (exact) mass is 852 g/mol. The van der Waals surface area contributed by atoms with Gasteiger partial charge in [0.1, 0.15) is 12.7 Å². The highest BCUT2D eigenvalue weighted by Gasteiger charge is 2.28. The van der Waals surface area contributed by atoms with Gasteiger partial charge in [-0.2, -0.15) is 0 Å². The van der Waals surface area contributed by atoms with Gasteiger partial charge in [-0.1, -0.05) is 140 Å². The summed E-state index contributed by atoms with van der Waals surface area (Å²) in [5.41, 5.74) is 0. The van der Waals surface area contributed by atoms with Crippen molar-refractivity contribution in [2.24, 2.45) is 5.92 Å². The van der Waals surface area contributed by atoms with Gasteiger partial charge < -0.3 is 34.4 Å². The summed E-state index contributed by atoms with van der Waals surface area (Å²) >= 11 is 0. The van der Waals surface area contributed by atoms with Gasteiger partial charge in [-0.15, -0.1) is 0 Å². The molecule has 0 aliphatic heterocycles. The molecule has 0 saturated heterocycles. The van der Waals surface area contributed by atoms with E-state index in [0.717, 1.165) is 50.9 Å². The lowest BCUT2D eigenvalue weighted by Gasteiger charge is -2.20. The van der Waals surface area contributed by atoms with E-state index in [1.54, 1.807) is 12.2 Å². The molecule has 0 amide bonds. The molecule has 332 valence electrons. The van der Waals surface area contributed by atoms with Crippen molar-refractivity contribution >= 4 is 27.6 Å². The molecule has 1 unspecified atom stereocenters. The molecular formula is C41H74O14P2. The van der Waals surface area contributed by atoms with Crippen LogP contribution in [0.25, 0.3) is 0 Å². The molecule has 0 aliphatic rings. The second kappa shape index (κ2) is 35.9. The lowest BCUT2D eigenvalue weighted by molar-refractivity contribution is -0.161. The summed E-state index contributed by atoms with van der Waals surface area (Å²) in [5, 5.41) is 20.0. The van der Waals surface area contributed by atoms with E-state index in [1.165, 1.54) is 51.4 Å². The van der Waals surface area contributed by atoms with Crippen LogP contribution in [0.5, 0.6) is 0 Å². The third kappa shape index (κ3) is 40.6. The number of hydrogen-bond acceptors (Lipinski definition) is 11. The largest absolute Gasteiger partial charge is 0.472 e. The quantitative estimate of drug-likeness (QED) is 0.0129. The van der Waals surface area contributed by atoms with Crippen LogP contribution >= 0.6 is 15.6 Å². The zero-order chi connectivity index (χ0) is 42.6. The van der Waals surface area contributed by atoms with Crippen LogP contribution in [-0.2, 0) is 41.8 Å². The number of aliphatic hydroxyl groups excluding tert-OH is 2. The number of unbranched alkanes of at least 4 members (excludes halogenated alkanes) is 11. The van der Waals surface area contributed by atoms with E-state index in [4.69, 9.17) is 23.8 Å². The highest BCUT2D eigenvalue weighted by atomic mass is 31.2. The Morgan fingerprint density at radius 3 is 1.84 bits per heavy atom. The average Bonchev–Trinajstić information content (AvgIpc) is 3.14. The fourth-order valence-corrected chi connectivity index (χ4v) is 6.44. The third-order valence-corrected chi connectivity index (χ3v) is 9.93. The second-order valence-corrected chi connectivity index (χ2v) is 17.3. The summed E-state index contributed by atoms with van der Waals surface area (Å²) in [7, 11) is -9.73. The van der Waals surface area contributed by atoms with E-state index in [-0.39, 0.29) is 12.8 Å². The Morgan fingerprint density at radius 2 is 1.19 bits per heavy atom. The maximum Gasteiger partial charge on any atom is 0.472 e. The zero-order valence-electron chi connectivity index (χ0n) is 34.7. The summed E-state index contributed by atoms with van der Waals surface area (Å²) in [6, 6.07) is 0. The van der Waals surface area contributed by atoms with Crippen LogP contribution in [-0.4, -0.2) is 81.6 Å². The average molecular weight is 853 g/mol. The first-order chi connectivity index (χ1) is 27.1. The Bertz CT molecular complexity index is 1230. The van der Waals surface area contributed by atoms with E-state index in [0.29, 0.717) is 19.3 Å². The van der Waals surface area contributed by atoms with Gasteiger partial charge in [-0.05, 0) is 50.9 Å². The minimum Gasteiger partial charge on any atom is -0.462 e. The number of carbonyl (C=O) groups is 2. The molecule has 0 aromatic rings. The van der Waals surface area contributed by atoms with Gasteiger partial charge in [0.05, 0.1) is 25.9 Å². The maximum absolute atomic E-state index is 12.6. The molecule has 0 aromatic carbocycles. The molecule has 0 radical (unpaired) electrons. The molecule has 0 aliphatic carbocycles. The smallest absolute Gasteiger partial charge is 0.462 e. The first-order valence-corrected chi connectivity index (χ1v) is 23.8. The number of esters is 2. The van der Waals surface area contributed by atoms with Crippen LogP contribution in [0.3, 0.4) is 0 Å². The summed E-state index contributed by atoms with van der Waals surface area (Å²) in [5.74, 6) is -0.495. The molecule has 0 aromatic heterocycles. The minimum atomic E-state index is -4.88.